The zero-order chi connectivity index (χ0) is 9.10. The van der Waals surface area contributed by atoms with Crippen molar-refractivity contribution in [3.05, 3.63) is 23.8 Å². The van der Waals surface area contributed by atoms with E-state index in [1.807, 2.05) is 0 Å². The van der Waals surface area contributed by atoms with Gasteiger partial charge in [-0.2, -0.15) is 0 Å². The predicted octanol–water partition coefficient (Wildman–Crippen LogP) is 2.00. The maximum absolute atomic E-state index is 4.56. The lowest BCUT2D eigenvalue weighted by atomic mass is 10.1. The van der Waals surface area contributed by atoms with Crippen molar-refractivity contribution in [2.75, 3.05) is 20.1 Å². The van der Waals surface area contributed by atoms with Gasteiger partial charge in [0.15, 0.2) is 0 Å². The predicted molar refractivity (Wildman–Crippen MR) is 56.0 cm³/mol. The molecule has 0 atom stereocenters. The summed E-state index contributed by atoms with van der Waals surface area (Å²) in [6, 6.07) is 0. The highest BCUT2D eigenvalue weighted by atomic mass is 15.2. The van der Waals surface area contributed by atoms with Gasteiger partial charge in [-0.3, -0.25) is 4.99 Å². The molecule has 2 heteroatoms. The number of aliphatic imine (C=N–C) groups is 1. The average Bonchev–Trinajstić information content (AvgIpc) is 2.20. The molecule has 0 aromatic carbocycles. The van der Waals surface area contributed by atoms with Crippen molar-refractivity contribution in [1.82, 2.24) is 4.90 Å². The molecule has 0 fully saturated rings. The van der Waals surface area contributed by atoms with Crippen molar-refractivity contribution in [2.45, 2.75) is 19.3 Å². The van der Waals surface area contributed by atoms with Gasteiger partial charge in [0.25, 0.3) is 0 Å². The zero-order valence-electron chi connectivity index (χ0n) is 8.16. The molecular formula is C11H16N2. The Balaban J connectivity index is 2.18. The molecule has 1 aliphatic heterocycles. The van der Waals surface area contributed by atoms with E-state index in [0.29, 0.717) is 0 Å². The van der Waals surface area contributed by atoms with Crippen molar-refractivity contribution in [3.8, 4) is 0 Å². The van der Waals surface area contributed by atoms with Crippen LogP contribution in [0.25, 0.3) is 0 Å². The minimum absolute atomic E-state index is 0.991. The van der Waals surface area contributed by atoms with Crippen molar-refractivity contribution >= 4 is 5.84 Å². The highest BCUT2D eigenvalue weighted by Crippen LogP contribution is 2.15. The minimum Gasteiger partial charge on any atom is -0.359 e. The standard InChI is InChI=1S/C11H16N2/c1-13-9-5-8-12-11(13)10-6-3-2-4-7-10/h3,6-7H,2,4-5,8-9H2,1H3. The summed E-state index contributed by atoms with van der Waals surface area (Å²) in [5.41, 5.74) is 1.31. The molecule has 0 N–H and O–H groups in total. The van der Waals surface area contributed by atoms with Gasteiger partial charge in [-0.15, -0.1) is 0 Å². The van der Waals surface area contributed by atoms with Crippen molar-refractivity contribution in [2.24, 2.45) is 4.99 Å². The summed E-state index contributed by atoms with van der Waals surface area (Å²) in [5, 5.41) is 0. The van der Waals surface area contributed by atoms with Crippen LogP contribution >= 0.6 is 0 Å². The molecule has 0 saturated heterocycles. The quantitative estimate of drug-likeness (QED) is 0.596. The molecule has 0 amide bonds. The lowest BCUT2D eigenvalue weighted by Crippen LogP contribution is -2.33. The number of amidine groups is 1. The molecule has 1 aliphatic carbocycles. The lowest BCUT2D eigenvalue weighted by molar-refractivity contribution is 0.468. The van der Waals surface area contributed by atoms with E-state index in [2.05, 4.69) is 35.2 Å². The Morgan fingerprint density at radius 3 is 3.00 bits per heavy atom. The molecule has 70 valence electrons. The Kier molecular flexibility index (Phi) is 2.48. The minimum atomic E-state index is 0.991. The summed E-state index contributed by atoms with van der Waals surface area (Å²) in [4.78, 5) is 6.81. The highest BCUT2D eigenvalue weighted by molar-refractivity contribution is 6.01. The number of hydrogen-bond donors (Lipinski definition) is 0. The van der Waals surface area contributed by atoms with E-state index < -0.39 is 0 Å². The second kappa shape index (κ2) is 3.77. The van der Waals surface area contributed by atoms with Crippen LogP contribution in [0.2, 0.25) is 0 Å². The van der Waals surface area contributed by atoms with Crippen LogP contribution in [0.1, 0.15) is 19.3 Å². The first-order chi connectivity index (χ1) is 6.38. The monoisotopic (exact) mass is 176 g/mol. The Morgan fingerprint density at radius 1 is 1.38 bits per heavy atom. The second-order valence-corrected chi connectivity index (χ2v) is 3.62. The molecule has 2 nitrogen and oxygen atoms in total. The third-order valence-electron chi connectivity index (χ3n) is 2.53. The largest absolute Gasteiger partial charge is 0.359 e. The van der Waals surface area contributed by atoms with Gasteiger partial charge >= 0.3 is 0 Å². The van der Waals surface area contributed by atoms with E-state index in [9.17, 15) is 0 Å². The van der Waals surface area contributed by atoms with Gasteiger partial charge in [0, 0.05) is 25.7 Å². The summed E-state index contributed by atoms with van der Waals surface area (Å²) in [6.45, 7) is 2.13. The van der Waals surface area contributed by atoms with Gasteiger partial charge in [0.1, 0.15) is 5.84 Å². The van der Waals surface area contributed by atoms with Gasteiger partial charge in [-0.25, -0.2) is 0 Å². The van der Waals surface area contributed by atoms with Gasteiger partial charge in [0.05, 0.1) is 0 Å². The molecule has 0 aromatic heterocycles. The van der Waals surface area contributed by atoms with Crippen LogP contribution in [-0.2, 0) is 0 Å². The SMILES string of the molecule is CN1CCCN=C1C1=CCCC=C1. The summed E-state index contributed by atoms with van der Waals surface area (Å²) in [6.07, 6.45) is 10.3. The summed E-state index contributed by atoms with van der Waals surface area (Å²) < 4.78 is 0. The molecule has 0 aromatic rings. The zero-order valence-corrected chi connectivity index (χ0v) is 8.16. The molecule has 2 aliphatic rings. The summed E-state index contributed by atoms with van der Waals surface area (Å²) >= 11 is 0. The second-order valence-electron chi connectivity index (χ2n) is 3.62. The first kappa shape index (κ1) is 8.54. The number of hydrogen-bond acceptors (Lipinski definition) is 2. The van der Waals surface area contributed by atoms with Crippen LogP contribution in [0.15, 0.2) is 28.8 Å². The maximum atomic E-state index is 4.56. The first-order valence-electron chi connectivity index (χ1n) is 5.00. The normalized spacial score (nSPS) is 22.7. The third kappa shape index (κ3) is 1.82. The molecule has 0 bridgehead atoms. The molecule has 0 spiro atoms. The topological polar surface area (TPSA) is 15.6 Å². The van der Waals surface area contributed by atoms with E-state index in [4.69, 9.17) is 0 Å². The Morgan fingerprint density at radius 2 is 2.31 bits per heavy atom. The number of rotatable bonds is 1. The third-order valence-corrected chi connectivity index (χ3v) is 2.53. The van der Waals surface area contributed by atoms with Crippen LogP contribution in [0.4, 0.5) is 0 Å². The van der Waals surface area contributed by atoms with E-state index in [0.717, 1.165) is 13.1 Å². The molecule has 0 unspecified atom stereocenters. The highest BCUT2D eigenvalue weighted by Gasteiger charge is 2.14. The summed E-state index contributed by atoms with van der Waals surface area (Å²) in [5.74, 6) is 1.18. The Labute approximate surface area is 79.7 Å². The molecule has 2 rings (SSSR count). The maximum Gasteiger partial charge on any atom is 0.130 e. The molecule has 1 heterocycles. The van der Waals surface area contributed by atoms with Gasteiger partial charge in [0.2, 0.25) is 0 Å². The summed E-state index contributed by atoms with van der Waals surface area (Å²) in [7, 11) is 2.13. The fourth-order valence-electron chi connectivity index (χ4n) is 1.81. The fraction of sp³-hybridized carbons (Fsp3) is 0.545. The number of likely N-dealkylation sites (N-methyl/N-ethyl adjacent to an activating group) is 1. The van der Waals surface area contributed by atoms with Crippen LogP contribution in [0.5, 0.6) is 0 Å². The smallest absolute Gasteiger partial charge is 0.130 e. The van der Waals surface area contributed by atoms with Crippen molar-refractivity contribution < 1.29 is 0 Å². The molecular weight excluding hydrogens is 160 g/mol. The van der Waals surface area contributed by atoms with Crippen LogP contribution < -0.4 is 0 Å². The molecule has 0 saturated carbocycles. The number of nitrogens with zero attached hydrogens (tertiary/aromatic N) is 2. The van der Waals surface area contributed by atoms with E-state index in [1.165, 1.54) is 30.7 Å². The Bertz CT molecular complexity index is 274. The van der Waals surface area contributed by atoms with E-state index in [1.54, 1.807) is 0 Å². The van der Waals surface area contributed by atoms with Crippen LogP contribution in [0.3, 0.4) is 0 Å². The van der Waals surface area contributed by atoms with Crippen LogP contribution in [0, 0.1) is 0 Å². The van der Waals surface area contributed by atoms with Gasteiger partial charge < -0.3 is 4.90 Å². The van der Waals surface area contributed by atoms with Crippen LogP contribution in [-0.4, -0.2) is 30.9 Å². The molecule has 0 radical (unpaired) electrons. The van der Waals surface area contributed by atoms with Crippen molar-refractivity contribution in [3.63, 3.8) is 0 Å². The van der Waals surface area contributed by atoms with E-state index in [-0.39, 0.29) is 0 Å². The first-order valence-corrected chi connectivity index (χ1v) is 5.00. The number of allylic oxidation sites excluding steroid dienone is 2. The van der Waals surface area contributed by atoms with Gasteiger partial charge in [-0.1, -0.05) is 18.2 Å². The Hall–Kier alpha value is -1.05. The average molecular weight is 176 g/mol. The van der Waals surface area contributed by atoms with Gasteiger partial charge in [-0.05, 0) is 19.3 Å². The lowest BCUT2D eigenvalue weighted by Gasteiger charge is -2.26. The fourth-order valence-corrected chi connectivity index (χ4v) is 1.81. The van der Waals surface area contributed by atoms with Crippen molar-refractivity contribution in [1.29, 1.82) is 0 Å². The molecule has 13 heavy (non-hydrogen) atoms. The van der Waals surface area contributed by atoms with E-state index >= 15 is 0 Å².